The number of hydrogen-bond donors (Lipinski definition) is 2. The second-order valence-corrected chi connectivity index (χ2v) is 8.85. The lowest BCUT2D eigenvalue weighted by Crippen LogP contribution is -2.51. The van der Waals surface area contributed by atoms with Gasteiger partial charge in [0.15, 0.2) is 18.1 Å². The average Bonchev–Trinajstić information content (AvgIpc) is 2.74. The lowest BCUT2D eigenvalue weighted by molar-refractivity contribution is -0.173. The Labute approximate surface area is 175 Å². The zero-order chi connectivity index (χ0) is 21.3. The smallest absolute Gasteiger partial charge is 0.312 e. The summed E-state index contributed by atoms with van der Waals surface area (Å²) < 4.78 is 15.7. The predicted molar refractivity (Wildman–Crippen MR) is 107 cm³/mol. The zero-order valence-corrected chi connectivity index (χ0v) is 17.4. The number of ether oxygens (including phenoxy) is 3. The molecule has 4 bridgehead atoms. The van der Waals surface area contributed by atoms with Crippen LogP contribution in [0.2, 0.25) is 0 Å². The summed E-state index contributed by atoms with van der Waals surface area (Å²) in [7, 11) is 2.97. The van der Waals surface area contributed by atoms with Gasteiger partial charge in [-0.25, -0.2) is 0 Å². The molecule has 4 aliphatic rings. The molecule has 30 heavy (non-hydrogen) atoms. The van der Waals surface area contributed by atoms with E-state index in [0.29, 0.717) is 34.8 Å². The predicted octanol–water partition coefficient (Wildman–Crippen LogP) is 2.22. The molecule has 1 aromatic rings. The summed E-state index contributed by atoms with van der Waals surface area (Å²) in [6.07, 6.45) is 6.35. The molecule has 0 spiro atoms. The van der Waals surface area contributed by atoms with Gasteiger partial charge in [-0.1, -0.05) is 0 Å². The fourth-order valence-electron chi connectivity index (χ4n) is 5.86. The second-order valence-electron chi connectivity index (χ2n) is 8.85. The number of amides is 2. The third-order valence-electron chi connectivity index (χ3n) is 6.77. The van der Waals surface area contributed by atoms with Crippen LogP contribution in [0.5, 0.6) is 11.5 Å². The highest BCUT2D eigenvalue weighted by Crippen LogP contribution is 2.60. The first-order valence-corrected chi connectivity index (χ1v) is 10.4. The molecule has 8 nitrogen and oxygen atoms in total. The Kier molecular flexibility index (Phi) is 5.58. The minimum Gasteiger partial charge on any atom is -0.493 e. The molecule has 8 heteroatoms. The minimum absolute atomic E-state index is 0.261. The van der Waals surface area contributed by atoms with Crippen LogP contribution in [0.3, 0.4) is 0 Å². The van der Waals surface area contributed by atoms with Gasteiger partial charge in [0.05, 0.1) is 19.6 Å². The van der Waals surface area contributed by atoms with Crippen LogP contribution in [0.4, 0.5) is 0 Å². The molecule has 4 aliphatic carbocycles. The topological polar surface area (TPSA) is 103 Å². The van der Waals surface area contributed by atoms with Crippen LogP contribution >= 0.6 is 0 Å². The molecule has 0 aromatic heterocycles. The Hall–Kier alpha value is -2.77. The fraction of sp³-hybridized carbons (Fsp3) is 0.591. The van der Waals surface area contributed by atoms with Crippen molar-refractivity contribution in [1.82, 2.24) is 10.9 Å². The molecule has 5 rings (SSSR count). The molecule has 0 atom stereocenters. The summed E-state index contributed by atoms with van der Waals surface area (Å²) in [6.45, 7) is -0.410. The van der Waals surface area contributed by atoms with Crippen LogP contribution in [0.15, 0.2) is 18.2 Å². The van der Waals surface area contributed by atoms with Gasteiger partial charge in [0.2, 0.25) is 0 Å². The Bertz CT molecular complexity index is 817. The van der Waals surface area contributed by atoms with Crippen molar-refractivity contribution in [2.75, 3.05) is 20.8 Å². The lowest BCUT2D eigenvalue weighted by Gasteiger charge is -2.55. The summed E-state index contributed by atoms with van der Waals surface area (Å²) in [4.78, 5) is 37.1. The Balaban J connectivity index is 1.26. The number of benzene rings is 1. The van der Waals surface area contributed by atoms with Gasteiger partial charge < -0.3 is 14.2 Å². The van der Waals surface area contributed by atoms with E-state index >= 15 is 0 Å². The van der Waals surface area contributed by atoms with E-state index in [9.17, 15) is 14.4 Å². The van der Waals surface area contributed by atoms with Crippen molar-refractivity contribution in [2.24, 2.45) is 23.2 Å². The van der Waals surface area contributed by atoms with E-state index in [2.05, 4.69) is 10.9 Å². The first kappa shape index (κ1) is 20.5. The second kappa shape index (κ2) is 8.16. The van der Waals surface area contributed by atoms with Crippen molar-refractivity contribution in [3.63, 3.8) is 0 Å². The van der Waals surface area contributed by atoms with Crippen molar-refractivity contribution in [3.8, 4) is 11.5 Å². The van der Waals surface area contributed by atoms with E-state index in [1.165, 1.54) is 39.5 Å². The van der Waals surface area contributed by atoms with Gasteiger partial charge in [-0.3, -0.25) is 25.2 Å². The SMILES string of the molecule is COc1ccc(C(=O)NNC(=O)COC(=O)C23CC4CC(CC(C4)C2)C3)cc1OC. The number of rotatable bonds is 6. The van der Waals surface area contributed by atoms with Gasteiger partial charge in [0.25, 0.3) is 11.8 Å². The van der Waals surface area contributed by atoms with Crippen LogP contribution < -0.4 is 20.3 Å². The number of carbonyl (C=O) groups is 3. The molecule has 0 saturated heterocycles. The molecule has 162 valence electrons. The maximum Gasteiger partial charge on any atom is 0.312 e. The van der Waals surface area contributed by atoms with Gasteiger partial charge in [0.1, 0.15) is 0 Å². The van der Waals surface area contributed by atoms with E-state index in [4.69, 9.17) is 14.2 Å². The number of methoxy groups -OCH3 is 2. The molecule has 2 N–H and O–H groups in total. The monoisotopic (exact) mass is 416 g/mol. The average molecular weight is 416 g/mol. The molecule has 0 unspecified atom stereocenters. The summed E-state index contributed by atoms with van der Waals surface area (Å²) >= 11 is 0. The Morgan fingerprint density at radius 2 is 1.53 bits per heavy atom. The minimum atomic E-state index is -0.582. The third kappa shape index (κ3) is 3.95. The van der Waals surface area contributed by atoms with Crippen molar-refractivity contribution < 1.29 is 28.6 Å². The van der Waals surface area contributed by atoms with Gasteiger partial charge >= 0.3 is 5.97 Å². The van der Waals surface area contributed by atoms with Crippen molar-refractivity contribution in [2.45, 2.75) is 38.5 Å². The lowest BCUT2D eigenvalue weighted by atomic mass is 9.49. The molecule has 0 aliphatic heterocycles. The summed E-state index contributed by atoms with van der Waals surface area (Å²) in [6, 6.07) is 4.66. The maximum absolute atomic E-state index is 12.8. The molecule has 0 radical (unpaired) electrons. The fourth-order valence-corrected chi connectivity index (χ4v) is 5.86. The van der Waals surface area contributed by atoms with Crippen LogP contribution in [-0.4, -0.2) is 38.6 Å². The first-order chi connectivity index (χ1) is 14.4. The van der Waals surface area contributed by atoms with E-state index < -0.39 is 23.8 Å². The molecular weight excluding hydrogens is 388 g/mol. The Morgan fingerprint density at radius 3 is 2.10 bits per heavy atom. The van der Waals surface area contributed by atoms with E-state index in [0.717, 1.165) is 19.3 Å². The highest BCUT2D eigenvalue weighted by molar-refractivity contribution is 5.96. The number of esters is 1. The van der Waals surface area contributed by atoms with Gasteiger partial charge in [0, 0.05) is 5.56 Å². The van der Waals surface area contributed by atoms with E-state index in [1.807, 2.05) is 0 Å². The van der Waals surface area contributed by atoms with E-state index in [-0.39, 0.29) is 5.97 Å². The molecule has 0 heterocycles. The normalized spacial score (nSPS) is 28.5. The molecule has 4 saturated carbocycles. The van der Waals surface area contributed by atoms with E-state index in [1.54, 1.807) is 12.1 Å². The van der Waals surface area contributed by atoms with Crippen LogP contribution in [0.25, 0.3) is 0 Å². The summed E-state index contributed by atoms with van der Waals surface area (Å²) in [5.41, 5.74) is 4.49. The number of hydrazine groups is 1. The van der Waals surface area contributed by atoms with Crippen LogP contribution in [0, 0.1) is 23.2 Å². The van der Waals surface area contributed by atoms with Crippen LogP contribution in [0.1, 0.15) is 48.9 Å². The largest absolute Gasteiger partial charge is 0.493 e. The first-order valence-electron chi connectivity index (χ1n) is 10.4. The number of carbonyl (C=O) groups excluding carboxylic acids is 3. The van der Waals surface area contributed by atoms with Crippen molar-refractivity contribution in [3.05, 3.63) is 23.8 Å². The number of hydrogen-bond acceptors (Lipinski definition) is 6. The molecule has 4 fully saturated rings. The maximum atomic E-state index is 12.8. The van der Waals surface area contributed by atoms with Crippen LogP contribution in [-0.2, 0) is 14.3 Å². The summed E-state index contributed by atoms with van der Waals surface area (Å²) in [5, 5.41) is 0. The zero-order valence-electron chi connectivity index (χ0n) is 17.4. The Morgan fingerprint density at radius 1 is 0.933 bits per heavy atom. The quantitative estimate of drug-likeness (QED) is 0.545. The highest BCUT2D eigenvalue weighted by Gasteiger charge is 2.55. The summed E-state index contributed by atoms with van der Waals surface area (Å²) in [5.74, 6) is 1.41. The third-order valence-corrected chi connectivity index (χ3v) is 6.77. The number of nitrogens with one attached hydrogen (secondary N) is 2. The van der Waals surface area contributed by atoms with Gasteiger partial charge in [-0.2, -0.15) is 0 Å². The van der Waals surface area contributed by atoms with Crippen molar-refractivity contribution in [1.29, 1.82) is 0 Å². The van der Waals surface area contributed by atoms with Gasteiger partial charge in [-0.15, -0.1) is 0 Å². The standard InChI is InChI=1S/C22H28N2O6/c1-28-17-4-3-16(8-18(17)29-2)20(26)24-23-19(25)12-30-21(27)22-9-13-5-14(10-22)7-15(6-13)11-22/h3-4,8,13-15H,5-7,9-12H2,1-2H3,(H,23,25)(H,24,26). The molecular formula is C22H28N2O6. The molecule has 1 aromatic carbocycles. The van der Waals surface area contributed by atoms with Gasteiger partial charge in [-0.05, 0) is 74.5 Å². The highest BCUT2D eigenvalue weighted by atomic mass is 16.5. The molecule has 2 amide bonds. The van der Waals surface area contributed by atoms with Crippen molar-refractivity contribution >= 4 is 17.8 Å².